The minimum atomic E-state index is -0.457. The fraction of sp³-hybridized carbons (Fsp3) is 0.158. The molecule has 1 aromatic heterocycles. The monoisotopic (exact) mass is 349 g/mol. The first kappa shape index (κ1) is 16.0. The van der Waals surface area contributed by atoms with Crippen LogP contribution in [-0.2, 0) is 6.42 Å². The molecule has 0 aliphatic carbocycles. The molecule has 130 valence electrons. The fourth-order valence-corrected chi connectivity index (χ4v) is 3.24. The predicted molar refractivity (Wildman–Crippen MR) is 95.2 cm³/mol. The minimum absolute atomic E-state index is 0.0335. The predicted octanol–water partition coefficient (Wildman–Crippen LogP) is 3.76. The van der Waals surface area contributed by atoms with Gasteiger partial charge in [0.2, 0.25) is 0 Å². The quantitative estimate of drug-likeness (QED) is 0.530. The maximum atomic E-state index is 13.2. The number of hydrogen-bond acceptors (Lipinski definition) is 5. The number of anilines is 1. The summed E-state index contributed by atoms with van der Waals surface area (Å²) in [4.78, 5) is 25.4. The molecule has 0 radical (unpaired) electrons. The number of aryl methyl sites for hydroxylation is 1. The lowest BCUT2D eigenvalue weighted by Crippen LogP contribution is -2.29. The zero-order valence-corrected chi connectivity index (χ0v) is 14.0. The molecule has 2 aromatic carbocycles. The Bertz CT molecular complexity index is 1010. The van der Waals surface area contributed by atoms with Gasteiger partial charge in [-0.1, -0.05) is 41.6 Å². The Morgan fingerprint density at radius 3 is 2.73 bits per heavy atom. The van der Waals surface area contributed by atoms with Crippen LogP contribution < -0.4 is 4.90 Å². The molecule has 3 aromatic rings. The highest BCUT2D eigenvalue weighted by molar-refractivity contribution is 6.11. The minimum Gasteiger partial charge on any atom is -0.360 e. The van der Waals surface area contributed by atoms with Crippen molar-refractivity contribution in [3.05, 3.63) is 75.5 Å². The van der Waals surface area contributed by atoms with Crippen molar-refractivity contribution in [1.82, 2.24) is 5.16 Å². The summed E-state index contributed by atoms with van der Waals surface area (Å²) in [5.74, 6) is 0.162. The van der Waals surface area contributed by atoms with Crippen molar-refractivity contribution >= 4 is 17.3 Å². The van der Waals surface area contributed by atoms with Crippen molar-refractivity contribution in [1.29, 1.82) is 0 Å². The highest BCUT2D eigenvalue weighted by Crippen LogP contribution is 2.35. The molecule has 26 heavy (non-hydrogen) atoms. The van der Waals surface area contributed by atoms with E-state index in [4.69, 9.17) is 4.52 Å². The van der Waals surface area contributed by atoms with Crippen LogP contribution in [0.1, 0.15) is 21.7 Å². The third-order valence-electron chi connectivity index (χ3n) is 4.54. The first-order valence-electron chi connectivity index (χ1n) is 8.17. The summed E-state index contributed by atoms with van der Waals surface area (Å²) in [6.07, 6.45) is 0.657. The number of amides is 1. The van der Waals surface area contributed by atoms with Gasteiger partial charge in [0.25, 0.3) is 11.6 Å². The Kier molecular flexibility index (Phi) is 3.76. The molecule has 4 rings (SSSR count). The number of aromatic nitrogens is 1. The molecule has 2 heterocycles. The normalized spacial score (nSPS) is 12.9. The molecular formula is C19H15N3O4. The molecule has 0 saturated heterocycles. The van der Waals surface area contributed by atoms with Gasteiger partial charge in [0, 0.05) is 24.2 Å². The van der Waals surface area contributed by atoms with Gasteiger partial charge >= 0.3 is 0 Å². The molecule has 7 nitrogen and oxygen atoms in total. The van der Waals surface area contributed by atoms with Gasteiger partial charge in [-0.25, -0.2) is 0 Å². The number of carbonyl (C=O) groups excluding carboxylic acids is 1. The van der Waals surface area contributed by atoms with Crippen molar-refractivity contribution in [2.24, 2.45) is 0 Å². The number of hydrogen-bond donors (Lipinski definition) is 0. The van der Waals surface area contributed by atoms with Crippen molar-refractivity contribution in [3.8, 4) is 11.3 Å². The summed E-state index contributed by atoms with van der Waals surface area (Å²) < 4.78 is 5.27. The van der Waals surface area contributed by atoms with E-state index in [1.807, 2.05) is 30.3 Å². The smallest absolute Gasteiger partial charge is 0.271 e. The van der Waals surface area contributed by atoms with Crippen molar-refractivity contribution in [3.63, 3.8) is 0 Å². The zero-order chi connectivity index (χ0) is 18.3. The van der Waals surface area contributed by atoms with E-state index in [1.54, 1.807) is 17.9 Å². The van der Waals surface area contributed by atoms with E-state index in [-0.39, 0.29) is 11.6 Å². The molecule has 1 aliphatic rings. The summed E-state index contributed by atoms with van der Waals surface area (Å²) in [6.45, 7) is 2.16. The molecule has 0 unspecified atom stereocenters. The van der Waals surface area contributed by atoms with E-state index >= 15 is 0 Å². The van der Waals surface area contributed by atoms with Crippen molar-refractivity contribution in [2.45, 2.75) is 13.3 Å². The average Bonchev–Trinajstić information content (AvgIpc) is 3.25. The molecule has 0 N–H and O–H groups in total. The number of nitro benzene ring substituents is 1. The standard InChI is InChI=1S/C19H15N3O4/c1-12-17(18(20-26-12)14-5-3-2-4-6-14)19(23)21-10-9-13-7-8-15(22(24)25)11-16(13)21/h2-8,11H,9-10H2,1H3. The van der Waals surface area contributed by atoms with Crippen LogP contribution in [0.25, 0.3) is 11.3 Å². The number of nitrogens with zero attached hydrogens (tertiary/aromatic N) is 3. The summed E-state index contributed by atoms with van der Waals surface area (Å²) in [5.41, 5.74) is 3.10. The van der Waals surface area contributed by atoms with Gasteiger partial charge in [-0.05, 0) is 18.9 Å². The third kappa shape index (κ3) is 2.54. The Morgan fingerprint density at radius 2 is 2.00 bits per heavy atom. The van der Waals surface area contributed by atoms with E-state index in [0.717, 1.165) is 11.1 Å². The van der Waals surface area contributed by atoms with Crippen LogP contribution in [0.5, 0.6) is 0 Å². The lowest BCUT2D eigenvalue weighted by Gasteiger charge is -2.17. The zero-order valence-electron chi connectivity index (χ0n) is 14.0. The highest BCUT2D eigenvalue weighted by atomic mass is 16.6. The molecule has 0 saturated carbocycles. The van der Waals surface area contributed by atoms with E-state index < -0.39 is 4.92 Å². The molecule has 1 aliphatic heterocycles. The second-order valence-electron chi connectivity index (χ2n) is 6.11. The summed E-state index contributed by atoms with van der Waals surface area (Å²) in [7, 11) is 0. The topological polar surface area (TPSA) is 89.5 Å². The maximum absolute atomic E-state index is 13.2. The van der Waals surface area contributed by atoms with Crippen LogP contribution in [0.15, 0.2) is 53.1 Å². The number of fused-ring (bicyclic) bond motifs is 1. The molecule has 1 amide bonds. The largest absolute Gasteiger partial charge is 0.360 e. The van der Waals surface area contributed by atoms with Crippen LogP contribution in [-0.4, -0.2) is 22.5 Å². The summed E-state index contributed by atoms with van der Waals surface area (Å²) in [5, 5.41) is 15.1. The van der Waals surface area contributed by atoms with Gasteiger partial charge in [-0.3, -0.25) is 14.9 Å². The lowest BCUT2D eigenvalue weighted by atomic mass is 10.1. The third-order valence-corrected chi connectivity index (χ3v) is 4.54. The van der Waals surface area contributed by atoms with Crippen molar-refractivity contribution < 1.29 is 14.2 Å². The van der Waals surface area contributed by atoms with Gasteiger partial charge in [-0.15, -0.1) is 0 Å². The van der Waals surface area contributed by atoms with Crippen LogP contribution >= 0.6 is 0 Å². The van der Waals surface area contributed by atoms with Crippen LogP contribution in [0, 0.1) is 17.0 Å². The fourth-order valence-electron chi connectivity index (χ4n) is 3.24. The summed E-state index contributed by atoms with van der Waals surface area (Å²) in [6, 6.07) is 13.9. The van der Waals surface area contributed by atoms with E-state index in [0.29, 0.717) is 35.7 Å². The molecule has 0 fully saturated rings. The molecule has 0 atom stereocenters. The molecule has 7 heteroatoms. The van der Waals surface area contributed by atoms with Crippen molar-refractivity contribution in [2.75, 3.05) is 11.4 Å². The van der Waals surface area contributed by atoms with Gasteiger partial charge in [-0.2, -0.15) is 0 Å². The molecule has 0 spiro atoms. The Balaban J connectivity index is 1.77. The maximum Gasteiger partial charge on any atom is 0.271 e. The highest BCUT2D eigenvalue weighted by Gasteiger charge is 2.32. The second-order valence-corrected chi connectivity index (χ2v) is 6.11. The Labute approximate surface area is 149 Å². The first-order valence-corrected chi connectivity index (χ1v) is 8.17. The first-order chi connectivity index (χ1) is 12.6. The van der Waals surface area contributed by atoms with E-state index in [1.165, 1.54) is 12.1 Å². The second kappa shape index (κ2) is 6.11. The van der Waals surface area contributed by atoms with Gasteiger partial charge < -0.3 is 9.42 Å². The molecule has 0 bridgehead atoms. The van der Waals surface area contributed by atoms with Gasteiger partial charge in [0.05, 0.1) is 10.6 Å². The number of nitro groups is 1. The van der Waals surface area contributed by atoms with Crippen LogP contribution in [0.4, 0.5) is 11.4 Å². The Hall–Kier alpha value is -3.48. The number of non-ortho nitro benzene ring substituents is 1. The van der Waals surface area contributed by atoms with E-state index in [9.17, 15) is 14.9 Å². The average molecular weight is 349 g/mol. The number of benzene rings is 2. The number of rotatable bonds is 3. The van der Waals surface area contributed by atoms with Crippen LogP contribution in [0.2, 0.25) is 0 Å². The SMILES string of the molecule is Cc1onc(-c2ccccc2)c1C(=O)N1CCc2ccc([N+](=O)[O-])cc21. The van der Waals surface area contributed by atoms with Crippen LogP contribution in [0.3, 0.4) is 0 Å². The number of carbonyl (C=O) groups is 1. The van der Waals surface area contributed by atoms with Gasteiger partial charge in [0.15, 0.2) is 0 Å². The Morgan fingerprint density at radius 1 is 1.23 bits per heavy atom. The van der Waals surface area contributed by atoms with Gasteiger partial charge in [0.1, 0.15) is 17.0 Å². The molecular weight excluding hydrogens is 334 g/mol. The lowest BCUT2D eigenvalue weighted by molar-refractivity contribution is -0.384. The summed E-state index contributed by atoms with van der Waals surface area (Å²) >= 11 is 0. The van der Waals surface area contributed by atoms with E-state index in [2.05, 4.69) is 5.16 Å².